The number of ether oxygens (including phenoxy) is 1. The second-order valence-corrected chi connectivity index (χ2v) is 6.50. The summed E-state index contributed by atoms with van der Waals surface area (Å²) in [6.45, 7) is 3.83. The molecule has 0 aromatic heterocycles. The van der Waals surface area contributed by atoms with Crippen LogP contribution in [0.25, 0.3) is 0 Å². The molecule has 19 heavy (non-hydrogen) atoms. The van der Waals surface area contributed by atoms with Crippen molar-refractivity contribution in [1.82, 2.24) is 0 Å². The van der Waals surface area contributed by atoms with Crippen LogP contribution in [0.2, 0.25) is 0 Å². The zero-order chi connectivity index (χ0) is 14.4. The molecule has 7 heteroatoms. The molecule has 0 bridgehead atoms. The molecule has 0 aliphatic heterocycles. The molecule has 1 aliphatic rings. The lowest BCUT2D eigenvalue weighted by Gasteiger charge is -2.48. The van der Waals surface area contributed by atoms with Gasteiger partial charge in [-0.1, -0.05) is 13.8 Å². The number of halogens is 3. The molecule has 1 aliphatic carbocycles. The molecule has 2 rings (SSSR count). The molecule has 4 nitrogen and oxygen atoms in total. The van der Waals surface area contributed by atoms with Gasteiger partial charge in [-0.3, -0.25) is 10.1 Å². The summed E-state index contributed by atoms with van der Waals surface area (Å²) in [4.78, 5) is 10.4. The van der Waals surface area contributed by atoms with Crippen LogP contribution in [-0.4, -0.2) is 16.4 Å². The Hall–Kier alpha value is -0.880. The monoisotopic (exact) mass is 351 g/mol. The molecule has 0 spiro atoms. The quantitative estimate of drug-likeness (QED) is 0.463. The normalized spacial score (nSPS) is 24.7. The lowest BCUT2D eigenvalue weighted by atomic mass is 9.68. The van der Waals surface area contributed by atoms with Crippen LogP contribution < -0.4 is 4.74 Å². The fraction of sp³-hybridized carbons (Fsp3) is 0.500. The first kappa shape index (κ1) is 14.5. The zero-order valence-electron chi connectivity index (χ0n) is 10.3. The second kappa shape index (κ2) is 4.90. The van der Waals surface area contributed by atoms with Crippen molar-refractivity contribution in [3.8, 4) is 5.75 Å². The molecule has 0 amide bonds. The van der Waals surface area contributed by atoms with E-state index in [0.29, 0.717) is 6.42 Å². The van der Waals surface area contributed by atoms with Crippen molar-refractivity contribution in [1.29, 1.82) is 0 Å². The molecule has 1 aromatic rings. The van der Waals surface area contributed by atoms with Gasteiger partial charge in [0, 0.05) is 29.3 Å². The minimum absolute atomic E-state index is 0.0367. The van der Waals surface area contributed by atoms with Gasteiger partial charge in [0.25, 0.3) is 0 Å². The SMILES string of the molecule is CC1(C)C(Cl)CC1Oc1cc(F)c(Br)cc1[N+](=O)[O-]. The highest BCUT2D eigenvalue weighted by molar-refractivity contribution is 9.10. The van der Waals surface area contributed by atoms with Gasteiger partial charge in [0.1, 0.15) is 11.9 Å². The number of hydrogen-bond donors (Lipinski definition) is 0. The predicted octanol–water partition coefficient (Wildman–Crippen LogP) is 4.28. The molecule has 2 atom stereocenters. The molecule has 0 N–H and O–H groups in total. The maximum absolute atomic E-state index is 13.5. The number of hydrogen-bond acceptors (Lipinski definition) is 3. The maximum Gasteiger partial charge on any atom is 0.312 e. The van der Waals surface area contributed by atoms with Crippen LogP contribution in [0.4, 0.5) is 10.1 Å². The maximum atomic E-state index is 13.5. The summed E-state index contributed by atoms with van der Waals surface area (Å²) in [6, 6.07) is 2.13. The lowest BCUT2D eigenvalue weighted by Crippen LogP contribution is -2.53. The molecule has 2 unspecified atom stereocenters. The first-order valence-corrected chi connectivity index (χ1v) is 6.90. The van der Waals surface area contributed by atoms with Gasteiger partial charge in [-0.25, -0.2) is 4.39 Å². The highest BCUT2D eigenvalue weighted by Crippen LogP contribution is 2.47. The van der Waals surface area contributed by atoms with Gasteiger partial charge in [0.05, 0.1) is 9.40 Å². The molecule has 104 valence electrons. The number of benzene rings is 1. The van der Waals surface area contributed by atoms with E-state index in [9.17, 15) is 14.5 Å². The minimum atomic E-state index is -0.597. The average molecular weight is 353 g/mol. The Labute approximate surface area is 123 Å². The molecular weight excluding hydrogens is 340 g/mol. The summed E-state index contributed by atoms with van der Waals surface area (Å²) in [5, 5.41) is 10.9. The fourth-order valence-electron chi connectivity index (χ4n) is 1.95. The molecule has 0 saturated heterocycles. The Morgan fingerprint density at radius 3 is 2.68 bits per heavy atom. The summed E-state index contributed by atoms with van der Waals surface area (Å²) in [6.07, 6.45) is 0.331. The van der Waals surface area contributed by atoms with Crippen LogP contribution in [0.15, 0.2) is 16.6 Å². The van der Waals surface area contributed by atoms with Crippen LogP contribution in [0.1, 0.15) is 20.3 Å². The third kappa shape index (κ3) is 2.56. The van der Waals surface area contributed by atoms with Crippen LogP contribution in [0.3, 0.4) is 0 Å². The van der Waals surface area contributed by atoms with E-state index in [1.807, 2.05) is 13.8 Å². The Balaban J connectivity index is 2.30. The Bertz CT molecular complexity index is 538. The van der Waals surface area contributed by atoms with Crippen molar-refractivity contribution in [3.05, 3.63) is 32.5 Å². The Morgan fingerprint density at radius 1 is 1.58 bits per heavy atom. The van der Waals surface area contributed by atoms with Crippen molar-refractivity contribution in [3.63, 3.8) is 0 Å². The van der Waals surface area contributed by atoms with E-state index in [2.05, 4.69) is 15.9 Å². The highest BCUT2D eigenvalue weighted by Gasteiger charge is 2.49. The number of nitrogens with zero attached hydrogens (tertiary/aromatic N) is 1. The smallest absolute Gasteiger partial charge is 0.312 e. The summed E-state index contributed by atoms with van der Waals surface area (Å²) in [7, 11) is 0. The van der Waals surface area contributed by atoms with Gasteiger partial charge < -0.3 is 4.74 Å². The number of nitro groups is 1. The third-order valence-electron chi connectivity index (χ3n) is 3.53. The molecular formula is C12H12BrClFNO3. The minimum Gasteiger partial charge on any atom is -0.483 e. The predicted molar refractivity (Wildman–Crippen MR) is 73.2 cm³/mol. The van der Waals surface area contributed by atoms with Crippen molar-refractivity contribution < 1.29 is 14.1 Å². The molecule has 0 heterocycles. The van der Waals surface area contributed by atoms with Gasteiger partial charge in [-0.15, -0.1) is 11.6 Å². The Morgan fingerprint density at radius 2 is 2.21 bits per heavy atom. The van der Waals surface area contributed by atoms with Crippen molar-refractivity contribution >= 4 is 33.2 Å². The van der Waals surface area contributed by atoms with Gasteiger partial charge in [0.2, 0.25) is 0 Å². The van der Waals surface area contributed by atoms with Gasteiger partial charge >= 0.3 is 5.69 Å². The molecule has 1 aromatic carbocycles. The van der Waals surface area contributed by atoms with Gasteiger partial charge in [0.15, 0.2) is 5.75 Å². The van der Waals surface area contributed by atoms with E-state index in [1.165, 1.54) is 0 Å². The molecule has 0 radical (unpaired) electrons. The molecule has 1 saturated carbocycles. The van der Waals surface area contributed by atoms with E-state index in [1.54, 1.807) is 0 Å². The third-order valence-corrected chi connectivity index (χ3v) is 4.87. The summed E-state index contributed by atoms with van der Waals surface area (Å²) in [5.41, 5.74) is -0.555. The van der Waals surface area contributed by atoms with E-state index in [4.69, 9.17) is 16.3 Å². The van der Waals surface area contributed by atoms with Crippen LogP contribution in [-0.2, 0) is 0 Å². The van der Waals surface area contributed by atoms with Gasteiger partial charge in [-0.05, 0) is 15.9 Å². The van der Waals surface area contributed by atoms with Crippen LogP contribution >= 0.6 is 27.5 Å². The summed E-state index contributed by atoms with van der Waals surface area (Å²) < 4.78 is 19.1. The highest BCUT2D eigenvalue weighted by atomic mass is 79.9. The van der Waals surface area contributed by atoms with Crippen molar-refractivity contribution in [2.24, 2.45) is 5.41 Å². The average Bonchev–Trinajstić information content (AvgIpc) is 2.32. The summed E-state index contributed by atoms with van der Waals surface area (Å²) >= 11 is 8.99. The fourth-order valence-corrected chi connectivity index (χ4v) is 2.58. The van der Waals surface area contributed by atoms with Crippen molar-refractivity contribution in [2.75, 3.05) is 0 Å². The first-order chi connectivity index (χ1) is 8.73. The number of rotatable bonds is 3. The van der Waals surface area contributed by atoms with E-state index >= 15 is 0 Å². The lowest BCUT2D eigenvalue weighted by molar-refractivity contribution is -0.386. The van der Waals surface area contributed by atoms with E-state index in [-0.39, 0.29) is 32.8 Å². The number of alkyl halides is 1. The summed E-state index contributed by atoms with van der Waals surface area (Å²) in [5.74, 6) is -0.660. The van der Waals surface area contributed by atoms with Crippen LogP contribution in [0, 0.1) is 21.3 Å². The van der Waals surface area contributed by atoms with Crippen LogP contribution in [0.5, 0.6) is 5.75 Å². The zero-order valence-corrected chi connectivity index (χ0v) is 12.7. The second-order valence-electron chi connectivity index (χ2n) is 5.12. The topological polar surface area (TPSA) is 52.4 Å². The largest absolute Gasteiger partial charge is 0.483 e. The first-order valence-electron chi connectivity index (χ1n) is 5.67. The van der Waals surface area contributed by atoms with Gasteiger partial charge in [-0.2, -0.15) is 0 Å². The van der Waals surface area contributed by atoms with E-state index < -0.39 is 10.7 Å². The number of nitro benzene ring substituents is 1. The van der Waals surface area contributed by atoms with Crippen molar-refractivity contribution in [2.45, 2.75) is 31.7 Å². The molecule has 1 fully saturated rings. The standard InChI is InChI=1S/C12H12BrClFNO3/c1-12(2)10(14)5-11(12)19-9-4-7(15)6(13)3-8(9)16(17)18/h3-4,10-11H,5H2,1-2H3. The van der Waals surface area contributed by atoms with E-state index in [0.717, 1.165) is 12.1 Å². The Kier molecular flexibility index (Phi) is 3.75.